The number of carbonyl (C=O) groups excluding carboxylic acids is 4. The average molecular weight is 871 g/mol. The van der Waals surface area contributed by atoms with E-state index in [1.807, 2.05) is 88.4 Å². The van der Waals surface area contributed by atoms with Crippen molar-refractivity contribution in [3.05, 3.63) is 71.8 Å². The van der Waals surface area contributed by atoms with Gasteiger partial charge in [0.2, 0.25) is 11.8 Å². The summed E-state index contributed by atoms with van der Waals surface area (Å²) in [7, 11) is 0. The molecule has 0 spiro atoms. The third-order valence-corrected chi connectivity index (χ3v) is 14.0. The fraction of sp³-hybridized carbons (Fsp3) is 0.633. The Morgan fingerprint density at radius 2 is 1.05 bits per heavy atom. The second-order valence-electron chi connectivity index (χ2n) is 19.6. The first-order valence-corrected chi connectivity index (χ1v) is 23.4. The number of carboxylic acids is 2. The van der Waals surface area contributed by atoms with Crippen LogP contribution >= 0.6 is 0 Å². The number of piperazine rings is 2. The number of aliphatic carboxylic acids is 2. The Hall–Kier alpha value is -5.14. The lowest BCUT2D eigenvalue weighted by Gasteiger charge is -2.56. The second-order valence-corrected chi connectivity index (χ2v) is 19.6. The van der Waals surface area contributed by atoms with Crippen LogP contribution in [-0.4, -0.2) is 115 Å². The second kappa shape index (κ2) is 21.0. The molecule has 6 rings (SSSR count). The molecule has 0 aromatic heterocycles. The summed E-state index contributed by atoms with van der Waals surface area (Å²) in [6.45, 7) is 8.82. The molecule has 2 saturated carbocycles. The number of hydrogen-bond donors (Lipinski definition) is 4. The Balaban J connectivity index is 1.53. The van der Waals surface area contributed by atoms with Gasteiger partial charge in [-0.3, -0.25) is 19.2 Å². The molecule has 4 aliphatic rings. The molecule has 2 aromatic rings. The standard InChI is InChI=1S/C49H70N6O8/c1-32(2)26-38-43(56)52(28-34-18-10-6-11-19-34)30-40(54(38)47(62)50-36-22-14-8-15-23-36)42(45(58)59)49(5,46(60)61)41-31-53(29-35-20-12-7-13-21-35)44(57)39(27-33(3)4)55(41)48(63)51-37-24-16-9-17-25-37/h6-7,10-13,18-21,32-33,36-42H,8-9,14-17,22-31H2,1-5H3,(H,50,62)(H,51,63)(H,58,59)(H,60,61)/t38-,39-,40?,41?,42?,49?/m0/s1. The van der Waals surface area contributed by atoms with Gasteiger partial charge in [0, 0.05) is 38.3 Å². The molecular weight excluding hydrogens is 801 g/mol. The molecule has 2 aromatic carbocycles. The summed E-state index contributed by atoms with van der Waals surface area (Å²) in [5.74, 6) is -5.68. The lowest BCUT2D eigenvalue weighted by molar-refractivity contribution is -0.180. The number of benzene rings is 2. The van der Waals surface area contributed by atoms with Gasteiger partial charge in [-0.25, -0.2) is 9.59 Å². The number of urea groups is 2. The summed E-state index contributed by atoms with van der Waals surface area (Å²) < 4.78 is 0. The van der Waals surface area contributed by atoms with Crippen molar-refractivity contribution in [3.8, 4) is 0 Å². The normalized spacial score (nSPS) is 24.3. The summed E-state index contributed by atoms with van der Waals surface area (Å²) in [5, 5.41) is 29.8. The molecule has 344 valence electrons. The lowest BCUT2D eigenvalue weighted by Crippen LogP contribution is -2.75. The van der Waals surface area contributed by atoms with Gasteiger partial charge in [0.1, 0.15) is 17.5 Å². The van der Waals surface area contributed by atoms with Gasteiger partial charge in [-0.15, -0.1) is 0 Å². The van der Waals surface area contributed by atoms with Crippen LogP contribution < -0.4 is 10.6 Å². The van der Waals surface area contributed by atoms with Crippen molar-refractivity contribution in [2.75, 3.05) is 13.1 Å². The van der Waals surface area contributed by atoms with E-state index in [2.05, 4.69) is 10.6 Å². The molecule has 14 heteroatoms. The third kappa shape index (κ3) is 11.0. The van der Waals surface area contributed by atoms with Crippen LogP contribution in [0.15, 0.2) is 60.7 Å². The molecule has 2 heterocycles. The molecule has 4 fully saturated rings. The molecule has 2 saturated heterocycles. The zero-order valence-electron chi connectivity index (χ0n) is 37.9. The average Bonchev–Trinajstić information content (AvgIpc) is 3.24. The van der Waals surface area contributed by atoms with Gasteiger partial charge in [0.15, 0.2) is 0 Å². The summed E-state index contributed by atoms with van der Waals surface area (Å²) >= 11 is 0. The number of carboxylic acid groups (broad SMARTS) is 2. The van der Waals surface area contributed by atoms with Crippen LogP contribution in [0.4, 0.5) is 9.59 Å². The van der Waals surface area contributed by atoms with E-state index < -0.39 is 59.5 Å². The molecule has 63 heavy (non-hydrogen) atoms. The Bertz CT molecular complexity index is 1900. The van der Waals surface area contributed by atoms with Crippen molar-refractivity contribution in [1.82, 2.24) is 30.2 Å². The van der Waals surface area contributed by atoms with Gasteiger partial charge in [-0.05, 0) is 68.4 Å². The monoisotopic (exact) mass is 871 g/mol. The molecule has 4 N–H and O–H groups in total. The summed E-state index contributed by atoms with van der Waals surface area (Å²) in [6, 6.07) is 12.1. The van der Waals surface area contributed by atoms with Gasteiger partial charge in [-0.2, -0.15) is 0 Å². The highest BCUT2D eigenvalue weighted by Crippen LogP contribution is 2.45. The number of rotatable bonds is 15. The van der Waals surface area contributed by atoms with Crippen LogP contribution in [0.1, 0.15) is 123 Å². The van der Waals surface area contributed by atoms with Gasteiger partial charge in [-0.1, -0.05) is 127 Å². The van der Waals surface area contributed by atoms with E-state index in [0.717, 1.165) is 75.3 Å². The van der Waals surface area contributed by atoms with E-state index in [-0.39, 0.29) is 74.8 Å². The SMILES string of the molecule is CC(C)C[C@H]1C(=O)N(Cc2ccccc2)CC(C(C(=O)O)C(C)(C(=O)O)C2CN(Cc3ccccc3)C(=O)[C@H](CC(C)C)N2C(=O)NC2CCCCC2)N1C(=O)NC1CCCCC1. The topological polar surface area (TPSA) is 180 Å². The fourth-order valence-corrected chi connectivity index (χ4v) is 10.7. The number of nitrogens with zero attached hydrogens (tertiary/aromatic N) is 4. The molecule has 4 unspecified atom stereocenters. The van der Waals surface area contributed by atoms with Crippen LogP contribution in [0.3, 0.4) is 0 Å². The highest BCUT2D eigenvalue weighted by atomic mass is 16.4. The van der Waals surface area contributed by atoms with Crippen LogP contribution in [0.5, 0.6) is 0 Å². The summed E-state index contributed by atoms with van der Waals surface area (Å²) in [5.41, 5.74) is -0.718. The molecule has 2 aliphatic carbocycles. The maximum Gasteiger partial charge on any atom is 0.318 e. The highest BCUT2D eigenvalue weighted by molar-refractivity contribution is 5.93. The lowest BCUT2D eigenvalue weighted by atomic mass is 9.65. The number of amides is 6. The van der Waals surface area contributed by atoms with E-state index in [9.17, 15) is 39.0 Å². The number of carbonyl (C=O) groups is 6. The minimum absolute atomic E-state index is 0.0953. The van der Waals surface area contributed by atoms with Crippen LogP contribution in [0, 0.1) is 23.2 Å². The summed E-state index contributed by atoms with van der Waals surface area (Å²) in [6.07, 6.45) is 9.09. The Morgan fingerprint density at radius 1 is 0.635 bits per heavy atom. The zero-order chi connectivity index (χ0) is 45.4. The minimum Gasteiger partial charge on any atom is -0.481 e. The number of nitrogens with one attached hydrogen (secondary N) is 2. The van der Waals surface area contributed by atoms with E-state index in [0.29, 0.717) is 0 Å². The van der Waals surface area contributed by atoms with E-state index >= 15 is 0 Å². The molecule has 6 atom stereocenters. The Kier molecular flexibility index (Phi) is 15.8. The van der Waals surface area contributed by atoms with Crippen molar-refractivity contribution in [2.45, 2.75) is 161 Å². The summed E-state index contributed by atoms with van der Waals surface area (Å²) in [4.78, 5) is 94.2. The largest absolute Gasteiger partial charge is 0.481 e. The van der Waals surface area contributed by atoms with E-state index in [4.69, 9.17) is 0 Å². The molecule has 2 aliphatic heterocycles. The van der Waals surface area contributed by atoms with Crippen molar-refractivity contribution in [2.24, 2.45) is 23.2 Å². The zero-order valence-corrected chi connectivity index (χ0v) is 37.9. The van der Waals surface area contributed by atoms with Crippen LogP contribution in [-0.2, 0) is 32.3 Å². The van der Waals surface area contributed by atoms with Crippen molar-refractivity contribution in [1.29, 1.82) is 0 Å². The molecule has 6 amide bonds. The molecule has 0 radical (unpaired) electrons. The number of hydrogen-bond acceptors (Lipinski definition) is 6. The first kappa shape index (κ1) is 47.3. The van der Waals surface area contributed by atoms with Crippen molar-refractivity contribution >= 4 is 35.8 Å². The van der Waals surface area contributed by atoms with Crippen molar-refractivity contribution < 1.29 is 39.0 Å². The quantitative estimate of drug-likeness (QED) is 0.146. The molecule has 0 bridgehead atoms. The van der Waals surface area contributed by atoms with Gasteiger partial charge in [0.05, 0.1) is 18.0 Å². The predicted octanol–water partition coefficient (Wildman–Crippen LogP) is 7.12. The van der Waals surface area contributed by atoms with Crippen molar-refractivity contribution in [3.63, 3.8) is 0 Å². The maximum atomic E-state index is 15.0. The van der Waals surface area contributed by atoms with E-state index in [1.54, 1.807) is 9.80 Å². The molecule has 14 nitrogen and oxygen atoms in total. The third-order valence-electron chi connectivity index (χ3n) is 14.0. The van der Waals surface area contributed by atoms with Gasteiger partial charge < -0.3 is 40.4 Å². The first-order chi connectivity index (χ1) is 30.1. The Morgan fingerprint density at radius 3 is 1.46 bits per heavy atom. The molecular formula is C49H70N6O8. The smallest absolute Gasteiger partial charge is 0.318 e. The van der Waals surface area contributed by atoms with Gasteiger partial charge >= 0.3 is 24.0 Å². The predicted molar refractivity (Wildman–Crippen MR) is 239 cm³/mol. The Labute approximate surface area is 373 Å². The first-order valence-electron chi connectivity index (χ1n) is 23.4. The maximum absolute atomic E-state index is 15.0. The minimum atomic E-state index is -2.31. The fourth-order valence-electron chi connectivity index (χ4n) is 10.7. The van der Waals surface area contributed by atoms with Crippen LogP contribution in [0.25, 0.3) is 0 Å². The van der Waals surface area contributed by atoms with Crippen LogP contribution in [0.2, 0.25) is 0 Å². The van der Waals surface area contributed by atoms with Gasteiger partial charge in [0.25, 0.3) is 0 Å². The highest BCUT2D eigenvalue weighted by Gasteiger charge is 2.63. The van der Waals surface area contributed by atoms with E-state index in [1.165, 1.54) is 16.7 Å².